The van der Waals surface area contributed by atoms with Crippen LogP contribution in [0, 0.1) is 11.3 Å². The van der Waals surface area contributed by atoms with Crippen molar-refractivity contribution in [1.29, 1.82) is 5.26 Å². The van der Waals surface area contributed by atoms with Crippen LogP contribution in [-0.2, 0) is 16.1 Å². The molecule has 0 spiro atoms. The average Bonchev–Trinajstić information content (AvgIpc) is 2.59. The maximum atomic E-state index is 12.4. The molecule has 1 aromatic rings. The predicted octanol–water partition coefficient (Wildman–Crippen LogP) is 2.12. The van der Waals surface area contributed by atoms with Crippen LogP contribution in [0.25, 0.3) is 0 Å². The van der Waals surface area contributed by atoms with Gasteiger partial charge in [0.2, 0.25) is 5.91 Å². The van der Waals surface area contributed by atoms with E-state index in [4.69, 9.17) is 10.00 Å². The highest BCUT2D eigenvalue weighted by Crippen LogP contribution is 2.14. The summed E-state index contributed by atoms with van der Waals surface area (Å²) in [5.74, 6) is -0.105. The van der Waals surface area contributed by atoms with Gasteiger partial charge in [0.05, 0.1) is 11.6 Å². The number of hydrogen-bond donors (Lipinski definition) is 1. The molecule has 27 heavy (non-hydrogen) atoms. The molecule has 2 amide bonds. The van der Waals surface area contributed by atoms with Crippen molar-refractivity contribution in [3.8, 4) is 6.07 Å². The second kappa shape index (κ2) is 8.87. The number of carbonyl (C=O) groups excluding carboxylic acids is 2. The summed E-state index contributed by atoms with van der Waals surface area (Å²) in [7, 11) is 0. The Kier molecular flexibility index (Phi) is 6.81. The number of alkyl carbamates (subject to hydrolysis) is 1. The molecule has 1 fully saturated rings. The number of amides is 2. The van der Waals surface area contributed by atoms with Crippen LogP contribution in [0.1, 0.15) is 38.8 Å². The molecule has 1 aliphatic rings. The summed E-state index contributed by atoms with van der Waals surface area (Å²) in [5.41, 5.74) is 1.21. The molecule has 7 heteroatoms. The Morgan fingerprint density at radius 1 is 1.26 bits per heavy atom. The van der Waals surface area contributed by atoms with Crippen molar-refractivity contribution in [3.63, 3.8) is 0 Å². The highest BCUT2D eigenvalue weighted by atomic mass is 16.6. The van der Waals surface area contributed by atoms with Gasteiger partial charge in [-0.25, -0.2) is 4.79 Å². The van der Waals surface area contributed by atoms with Crippen LogP contribution < -0.4 is 5.32 Å². The van der Waals surface area contributed by atoms with E-state index in [0.29, 0.717) is 12.1 Å². The molecule has 0 saturated carbocycles. The van der Waals surface area contributed by atoms with E-state index in [2.05, 4.69) is 16.3 Å². The molecule has 0 aromatic heterocycles. The second-order valence-electron chi connectivity index (χ2n) is 7.84. The summed E-state index contributed by atoms with van der Waals surface area (Å²) in [6, 6.07) is 9.75. The Labute approximate surface area is 160 Å². The lowest BCUT2D eigenvalue weighted by atomic mass is 10.1. The van der Waals surface area contributed by atoms with E-state index >= 15 is 0 Å². The SMILES string of the molecule is CC1CN(Cc2ccc(C#N)cc2)CCN1C(=O)CNC(=O)OC(C)(C)C. The van der Waals surface area contributed by atoms with Crippen molar-refractivity contribution < 1.29 is 14.3 Å². The number of nitriles is 1. The van der Waals surface area contributed by atoms with E-state index in [9.17, 15) is 9.59 Å². The highest BCUT2D eigenvalue weighted by molar-refractivity contribution is 5.82. The van der Waals surface area contributed by atoms with Crippen LogP contribution in [0.2, 0.25) is 0 Å². The van der Waals surface area contributed by atoms with Gasteiger partial charge in [-0.1, -0.05) is 12.1 Å². The average molecular weight is 372 g/mol. The molecule has 1 heterocycles. The number of carbonyl (C=O) groups is 2. The number of rotatable bonds is 4. The smallest absolute Gasteiger partial charge is 0.408 e. The second-order valence-corrected chi connectivity index (χ2v) is 7.84. The third-order valence-electron chi connectivity index (χ3n) is 4.30. The lowest BCUT2D eigenvalue weighted by molar-refractivity contribution is -0.134. The first-order valence-corrected chi connectivity index (χ1v) is 9.15. The standard InChI is InChI=1S/C20H28N4O3/c1-15-13-23(14-17-7-5-16(11-21)6-8-17)9-10-24(15)18(25)12-22-19(26)27-20(2,3)4/h5-8,15H,9-10,12-14H2,1-4H3,(H,22,26). The Bertz CT molecular complexity index is 703. The summed E-state index contributed by atoms with van der Waals surface area (Å²) in [6.45, 7) is 10.2. The summed E-state index contributed by atoms with van der Waals surface area (Å²) in [6.07, 6.45) is -0.581. The molecular formula is C20H28N4O3. The van der Waals surface area contributed by atoms with Gasteiger partial charge in [-0.2, -0.15) is 5.26 Å². The first kappa shape index (κ1) is 20.7. The fourth-order valence-electron chi connectivity index (χ4n) is 3.05. The van der Waals surface area contributed by atoms with Crippen LogP contribution in [0.5, 0.6) is 0 Å². The number of hydrogen-bond acceptors (Lipinski definition) is 5. The van der Waals surface area contributed by atoms with Crippen LogP contribution in [-0.4, -0.2) is 59.6 Å². The van der Waals surface area contributed by atoms with Gasteiger partial charge in [0.15, 0.2) is 0 Å². The molecule has 0 radical (unpaired) electrons. The van der Waals surface area contributed by atoms with Gasteiger partial charge in [-0.3, -0.25) is 9.69 Å². The first-order chi connectivity index (χ1) is 12.7. The maximum absolute atomic E-state index is 12.4. The number of piperazine rings is 1. The van der Waals surface area contributed by atoms with Crippen molar-refractivity contribution in [3.05, 3.63) is 35.4 Å². The van der Waals surface area contributed by atoms with Gasteiger partial charge in [-0.05, 0) is 45.4 Å². The Morgan fingerprint density at radius 3 is 2.48 bits per heavy atom. The van der Waals surface area contributed by atoms with Crippen molar-refractivity contribution in [2.24, 2.45) is 0 Å². The largest absolute Gasteiger partial charge is 0.444 e. The highest BCUT2D eigenvalue weighted by Gasteiger charge is 2.27. The van der Waals surface area contributed by atoms with Crippen LogP contribution >= 0.6 is 0 Å². The van der Waals surface area contributed by atoms with Crippen LogP contribution in [0.15, 0.2) is 24.3 Å². The van der Waals surface area contributed by atoms with Crippen LogP contribution in [0.3, 0.4) is 0 Å². The Balaban J connectivity index is 1.80. The van der Waals surface area contributed by atoms with E-state index in [1.807, 2.05) is 31.2 Å². The maximum Gasteiger partial charge on any atom is 0.408 e. The third-order valence-corrected chi connectivity index (χ3v) is 4.30. The minimum absolute atomic E-state index is 0.0602. The number of nitrogens with one attached hydrogen (secondary N) is 1. The predicted molar refractivity (Wildman–Crippen MR) is 102 cm³/mol. The van der Waals surface area contributed by atoms with E-state index in [1.165, 1.54) is 0 Å². The first-order valence-electron chi connectivity index (χ1n) is 9.15. The number of ether oxygens (including phenoxy) is 1. The van der Waals surface area contributed by atoms with Crippen molar-refractivity contribution >= 4 is 12.0 Å². The van der Waals surface area contributed by atoms with Gasteiger partial charge in [0.1, 0.15) is 12.1 Å². The summed E-state index contributed by atoms with van der Waals surface area (Å²) >= 11 is 0. The number of nitrogens with zero attached hydrogens (tertiary/aromatic N) is 3. The minimum Gasteiger partial charge on any atom is -0.444 e. The zero-order chi connectivity index (χ0) is 20.0. The van der Waals surface area contributed by atoms with Crippen molar-refractivity contribution in [2.45, 2.75) is 45.9 Å². The lowest BCUT2D eigenvalue weighted by Crippen LogP contribution is -2.55. The molecule has 7 nitrogen and oxygen atoms in total. The molecule has 146 valence electrons. The van der Waals surface area contributed by atoms with Gasteiger partial charge in [-0.15, -0.1) is 0 Å². The molecular weight excluding hydrogens is 344 g/mol. The van der Waals surface area contributed by atoms with E-state index < -0.39 is 11.7 Å². The van der Waals surface area contributed by atoms with Gasteiger partial charge < -0.3 is 15.0 Å². The van der Waals surface area contributed by atoms with Gasteiger partial charge in [0, 0.05) is 32.2 Å². The normalized spacial score (nSPS) is 17.9. The monoisotopic (exact) mass is 372 g/mol. The van der Waals surface area contributed by atoms with Crippen LogP contribution in [0.4, 0.5) is 4.79 Å². The molecule has 1 unspecified atom stereocenters. The molecule has 1 aliphatic heterocycles. The van der Waals surface area contributed by atoms with Crippen molar-refractivity contribution in [2.75, 3.05) is 26.2 Å². The van der Waals surface area contributed by atoms with Gasteiger partial charge >= 0.3 is 6.09 Å². The van der Waals surface area contributed by atoms with Crippen molar-refractivity contribution in [1.82, 2.24) is 15.1 Å². The third kappa shape index (κ3) is 6.57. The van der Waals surface area contributed by atoms with Gasteiger partial charge in [0.25, 0.3) is 0 Å². The Hall–Kier alpha value is -2.59. The molecule has 0 aliphatic carbocycles. The zero-order valence-corrected chi connectivity index (χ0v) is 16.5. The molecule has 1 aromatic carbocycles. The summed E-state index contributed by atoms with van der Waals surface area (Å²) in [4.78, 5) is 28.2. The van der Waals surface area contributed by atoms with E-state index in [-0.39, 0.29) is 18.5 Å². The fraction of sp³-hybridized carbons (Fsp3) is 0.550. The molecule has 1 atom stereocenters. The minimum atomic E-state index is -0.586. The quantitative estimate of drug-likeness (QED) is 0.875. The summed E-state index contributed by atoms with van der Waals surface area (Å²) in [5, 5.41) is 11.4. The van der Waals surface area contributed by atoms with E-state index in [1.54, 1.807) is 25.7 Å². The number of benzene rings is 1. The topological polar surface area (TPSA) is 85.7 Å². The lowest BCUT2D eigenvalue weighted by Gasteiger charge is -2.40. The summed E-state index contributed by atoms with van der Waals surface area (Å²) < 4.78 is 5.15. The Morgan fingerprint density at radius 2 is 1.93 bits per heavy atom. The van der Waals surface area contributed by atoms with E-state index in [0.717, 1.165) is 25.2 Å². The zero-order valence-electron chi connectivity index (χ0n) is 16.5. The molecule has 1 saturated heterocycles. The molecule has 1 N–H and O–H groups in total. The fourth-order valence-corrected chi connectivity index (χ4v) is 3.05. The molecule has 0 bridgehead atoms. The molecule has 2 rings (SSSR count).